The molecule has 0 bridgehead atoms. The van der Waals surface area contributed by atoms with Crippen LogP contribution in [0, 0.1) is 6.92 Å². The minimum Gasteiger partial charge on any atom is -0.368 e. The highest BCUT2D eigenvalue weighted by atomic mass is 15.3. The summed E-state index contributed by atoms with van der Waals surface area (Å²) in [5.74, 6) is 0.966. The summed E-state index contributed by atoms with van der Waals surface area (Å²) in [6.07, 6.45) is 1.86. The molecule has 0 saturated heterocycles. The van der Waals surface area contributed by atoms with E-state index in [1.165, 1.54) is 0 Å². The van der Waals surface area contributed by atoms with E-state index in [1.807, 2.05) is 43.5 Å². The van der Waals surface area contributed by atoms with Crippen molar-refractivity contribution >= 4 is 16.9 Å². The summed E-state index contributed by atoms with van der Waals surface area (Å²) in [7, 11) is 0. The Hall–Kier alpha value is -2.43. The fourth-order valence-corrected chi connectivity index (χ4v) is 1.79. The summed E-state index contributed by atoms with van der Waals surface area (Å²) >= 11 is 0. The van der Waals surface area contributed by atoms with Gasteiger partial charge in [-0.2, -0.15) is 10.1 Å². The molecule has 2 heterocycles. The summed E-state index contributed by atoms with van der Waals surface area (Å²) in [4.78, 5) is 8.45. The molecule has 5 nitrogen and oxygen atoms in total. The van der Waals surface area contributed by atoms with Crippen molar-refractivity contribution < 1.29 is 0 Å². The van der Waals surface area contributed by atoms with Crippen molar-refractivity contribution in [1.82, 2.24) is 19.7 Å². The summed E-state index contributed by atoms with van der Waals surface area (Å²) in [6.45, 7) is 1.93. The Kier molecular flexibility index (Phi) is 2.04. The molecular weight excluding hydrogens is 214 g/mol. The first kappa shape index (κ1) is 9.77. The van der Waals surface area contributed by atoms with Gasteiger partial charge in [-0.05, 0) is 25.1 Å². The van der Waals surface area contributed by atoms with Gasteiger partial charge in [0.1, 0.15) is 0 Å². The van der Waals surface area contributed by atoms with Crippen molar-refractivity contribution in [2.24, 2.45) is 0 Å². The van der Waals surface area contributed by atoms with E-state index in [2.05, 4.69) is 15.1 Å². The molecule has 0 spiro atoms. The third-order valence-electron chi connectivity index (χ3n) is 2.54. The van der Waals surface area contributed by atoms with Gasteiger partial charge in [0.25, 0.3) is 0 Å². The molecule has 0 aliphatic rings. The van der Waals surface area contributed by atoms with Crippen LogP contribution in [0.4, 0.5) is 5.95 Å². The highest BCUT2D eigenvalue weighted by molar-refractivity contribution is 5.86. The Morgan fingerprint density at radius 2 is 1.94 bits per heavy atom. The largest absolute Gasteiger partial charge is 0.368 e. The maximum atomic E-state index is 5.71. The zero-order valence-corrected chi connectivity index (χ0v) is 9.33. The van der Waals surface area contributed by atoms with Gasteiger partial charge in [0.15, 0.2) is 5.82 Å². The van der Waals surface area contributed by atoms with E-state index in [1.54, 1.807) is 4.68 Å². The predicted octanol–water partition coefficient (Wildman–Crippen LogP) is 1.71. The molecule has 5 heteroatoms. The molecule has 0 fully saturated rings. The van der Waals surface area contributed by atoms with Gasteiger partial charge in [0.2, 0.25) is 5.95 Å². The molecule has 0 amide bonds. The van der Waals surface area contributed by atoms with Crippen molar-refractivity contribution in [3.05, 3.63) is 42.2 Å². The van der Waals surface area contributed by atoms with Crippen LogP contribution < -0.4 is 5.73 Å². The lowest BCUT2D eigenvalue weighted by Gasteiger charge is -2.05. The molecule has 0 unspecified atom stereocenters. The minimum absolute atomic E-state index is 0.256. The second-order valence-corrected chi connectivity index (χ2v) is 3.82. The van der Waals surface area contributed by atoms with E-state index >= 15 is 0 Å². The van der Waals surface area contributed by atoms with Crippen LogP contribution >= 0.6 is 0 Å². The lowest BCUT2D eigenvalue weighted by Crippen LogP contribution is -2.04. The number of para-hydroxylation sites is 1. The third kappa shape index (κ3) is 1.61. The number of rotatable bonds is 1. The van der Waals surface area contributed by atoms with E-state index in [0.29, 0.717) is 5.82 Å². The Balaban J connectivity index is 2.35. The topological polar surface area (TPSA) is 69.6 Å². The molecular formula is C12H11N5. The molecule has 3 rings (SSSR count). The fraction of sp³-hybridized carbons (Fsp3) is 0.0833. The van der Waals surface area contributed by atoms with Gasteiger partial charge in [-0.15, -0.1) is 0 Å². The van der Waals surface area contributed by atoms with E-state index in [0.717, 1.165) is 16.6 Å². The standard InChI is InChI=1S/C12H11N5/c1-8-6-7-17(16-8)11-9-4-2-3-5-10(9)14-12(13)15-11/h2-7H,1H3,(H2,13,14,15). The number of anilines is 1. The third-order valence-corrected chi connectivity index (χ3v) is 2.54. The van der Waals surface area contributed by atoms with Gasteiger partial charge in [-0.1, -0.05) is 12.1 Å². The summed E-state index contributed by atoms with van der Waals surface area (Å²) in [5.41, 5.74) is 7.46. The molecule has 0 radical (unpaired) electrons. The molecule has 0 aliphatic heterocycles. The summed E-state index contributed by atoms with van der Waals surface area (Å²) < 4.78 is 1.72. The maximum Gasteiger partial charge on any atom is 0.222 e. The van der Waals surface area contributed by atoms with Gasteiger partial charge in [-0.25, -0.2) is 9.67 Å². The second kappa shape index (κ2) is 3.55. The highest BCUT2D eigenvalue weighted by Crippen LogP contribution is 2.19. The van der Waals surface area contributed by atoms with E-state index in [-0.39, 0.29) is 5.95 Å². The number of benzene rings is 1. The smallest absolute Gasteiger partial charge is 0.222 e. The van der Waals surface area contributed by atoms with Gasteiger partial charge in [0, 0.05) is 11.6 Å². The Labute approximate surface area is 97.9 Å². The van der Waals surface area contributed by atoms with E-state index < -0.39 is 0 Å². The fourth-order valence-electron chi connectivity index (χ4n) is 1.79. The predicted molar refractivity (Wildman–Crippen MR) is 65.8 cm³/mol. The molecule has 0 atom stereocenters. The van der Waals surface area contributed by atoms with Crippen molar-refractivity contribution in [3.63, 3.8) is 0 Å². The number of nitrogens with two attached hydrogens (primary N) is 1. The number of fused-ring (bicyclic) bond motifs is 1. The van der Waals surface area contributed by atoms with Crippen LogP contribution in [-0.2, 0) is 0 Å². The second-order valence-electron chi connectivity index (χ2n) is 3.82. The minimum atomic E-state index is 0.256. The van der Waals surface area contributed by atoms with Crippen LogP contribution in [0.1, 0.15) is 5.69 Å². The molecule has 84 valence electrons. The van der Waals surface area contributed by atoms with Gasteiger partial charge >= 0.3 is 0 Å². The summed E-state index contributed by atoms with van der Waals surface area (Å²) in [6, 6.07) is 9.66. The van der Waals surface area contributed by atoms with Crippen LogP contribution in [0.3, 0.4) is 0 Å². The average Bonchev–Trinajstić information content (AvgIpc) is 2.74. The Morgan fingerprint density at radius 3 is 2.71 bits per heavy atom. The average molecular weight is 225 g/mol. The number of aromatic nitrogens is 4. The van der Waals surface area contributed by atoms with Crippen LogP contribution in [0.25, 0.3) is 16.7 Å². The molecule has 0 saturated carbocycles. The van der Waals surface area contributed by atoms with E-state index in [4.69, 9.17) is 5.73 Å². The number of hydrogen-bond donors (Lipinski definition) is 1. The first-order chi connectivity index (χ1) is 8.24. The quantitative estimate of drug-likeness (QED) is 0.684. The van der Waals surface area contributed by atoms with Crippen LogP contribution in [0.15, 0.2) is 36.5 Å². The van der Waals surface area contributed by atoms with Gasteiger partial charge in [-0.3, -0.25) is 0 Å². The lowest BCUT2D eigenvalue weighted by atomic mass is 10.2. The zero-order valence-electron chi connectivity index (χ0n) is 9.33. The van der Waals surface area contributed by atoms with Crippen LogP contribution in [0.2, 0.25) is 0 Å². The van der Waals surface area contributed by atoms with E-state index in [9.17, 15) is 0 Å². The van der Waals surface area contributed by atoms with Crippen LogP contribution in [-0.4, -0.2) is 19.7 Å². The Bertz CT molecular complexity index is 686. The highest BCUT2D eigenvalue weighted by Gasteiger charge is 2.08. The first-order valence-corrected chi connectivity index (χ1v) is 5.29. The SMILES string of the molecule is Cc1ccn(-c2nc(N)nc3ccccc23)n1. The van der Waals surface area contributed by atoms with Crippen molar-refractivity contribution in [2.45, 2.75) is 6.92 Å². The lowest BCUT2D eigenvalue weighted by molar-refractivity contribution is 0.838. The normalized spacial score (nSPS) is 10.9. The van der Waals surface area contributed by atoms with Crippen molar-refractivity contribution in [3.8, 4) is 5.82 Å². The van der Waals surface area contributed by atoms with Gasteiger partial charge < -0.3 is 5.73 Å². The molecule has 0 aliphatic carbocycles. The monoisotopic (exact) mass is 225 g/mol. The molecule has 1 aromatic carbocycles. The maximum absolute atomic E-state index is 5.71. The molecule has 17 heavy (non-hydrogen) atoms. The first-order valence-electron chi connectivity index (χ1n) is 5.29. The molecule has 2 N–H and O–H groups in total. The summed E-state index contributed by atoms with van der Waals surface area (Å²) in [5, 5.41) is 5.28. The van der Waals surface area contributed by atoms with Crippen LogP contribution in [0.5, 0.6) is 0 Å². The number of nitrogens with zero attached hydrogens (tertiary/aromatic N) is 4. The zero-order chi connectivity index (χ0) is 11.8. The number of hydrogen-bond acceptors (Lipinski definition) is 4. The molecule has 3 aromatic rings. The molecule has 2 aromatic heterocycles. The van der Waals surface area contributed by atoms with Crippen molar-refractivity contribution in [1.29, 1.82) is 0 Å². The Morgan fingerprint density at radius 1 is 1.12 bits per heavy atom. The van der Waals surface area contributed by atoms with Crippen molar-refractivity contribution in [2.75, 3.05) is 5.73 Å². The van der Waals surface area contributed by atoms with Gasteiger partial charge in [0.05, 0.1) is 11.2 Å². The number of nitrogen functional groups attached to an aromatic ring is 1. The number of aryl methyl sites for hydroxylation is 1.